The topological polar surface area (TPSA) is 35.5 Å². The Morgan fingerprint density at radius 1 is 1.26 bits per heavy atom. The van der Waals surface area contributed by atoms with Gasteiger partial charge in [0.1, 0.15) is 15.8 Å². The van der Waals surface area contributed by atoms with Gasteiger partial charge >= 0.3 is 0 Å². The number of Topliss-reactive ketones (excluding diaryl/α,β-unsaturated/α-hetero) is 1. The number of ketones is 1. The van der Waals surface area contributed by atoms with E-state index in [2.05, 4.69) is 59.6 Å². The van der Waals surface area contributed by atoms with E-state index in [1.54, 1.807) is 7.11 Å². The number of fused-ring (bicyclic) bond motifs is 2. The largest absolute Gasteiger partial charge is 0.494 e. The third-order valence-electron chi connectivity index (χ3n) is 7.27. The molecule has 0 radical (unpaired) electrons. The molecule has 0 N–H and O–H groups in total. The third-order valence-corrected chi connectivity index (χ3v) is 8.83. The van der Waals surface area contributed by atoms with E-state index >= 15 is 0 Å². The van der Waals surface area contributed by atoms with Crippen LogP contribution in [-0.4, -0.2) is 18.5 Å². The van der Waals surface area contributed by atoms with E-state index in [0.29, 0.717) is 24.0 Å². The zero-order valence-electron chi connectivity index (χ0n) is 16.7. The van der Waals surface area contributed by atoms with Crippen LogP contribution < -0.4 is 9.47 Å². The lowest BCUT2D eigenvalue weighted by Crippen LogP contribution is -2.65. The summed E-state index contributed by atoms with van der Waals surface area (Å²) in [6, 6.07) is 0. The van der Waals surface area contributed by atoms with E-state index in [-0.39, 0.29) is 16.8 Å². The highest BCUT2D eigenvalue weighted by atomic mass is 79.9. The molecule has 1 heterocycles. The lowest BCUT2D eigenvalue weighted by molar-refractivity contribution is -0.189. The molecule has 0 unspecified atom stereocenters. The first kappa shape index (κ1) is 19.8. The van der Waals surface area contributed by atoms with Gasteiger partial charge in [-0.05, 0) is 80.4 Å². The Kier molecular flexibility index (Phi) is 4.74. The van der Waals surface area contributed by atoms with E-state index in [1.165, 1.54) is 6.42 Å². The standard InChI is InChI=1S/C22H28Br2O3/c1-11(2)8-13-16-14(25)10-22(7-6-12-9-15(22)21(12,3)4)27-19(16)18(24)20(26-5)17(13)23/h11-12,15H,6-10H2,1-5H3/t12-,15+,22+/m0/s1. The summed E-state index contributed by atoms with van der Waals surface area (Å²) in [7, 11) is 1.66. The molecular formula is C22H28Br2O3. The average molecular weight is 500 g/mol. The number of ether oxygens (including phenoxy) is 2. The van der Waals surface area contributed by atoms with Crippen LogP contribution in [-0.2, 0) is 6.42 Å². The second kappa shape index (κ2) is 6.48. The Bertz CT molecular complexity index is 813. The lowest BCUT2D eigenvalue weighted by atomic mass is 9.43. The zero-order chi connectivity index (χ0) is 19.7. The molecule has 0 aromatic heterocycles. The Hall–Kier alpha value is -0.550. The summed E-state index contributed by atoms with van der Waals surface area (Å²) >= 11 is 7.37. The van der Waals surface area contributed by atoms with Crippen molar-refractivity contribution in [2.24, 2.45) is 23.2 Å². The second-order valence-corrected chi connectivity index (χ2v) is 11.1. The second-order valence-electron chi connectivity index (χ2n) is 9.55. The van der Waals surface area contributed by atoms with Crippen LogP contribution in [0.5, 0.6) is 11.5 Å². The van der Waals surface area contributed by atoms with Crippen molar-refractivity contribution >= 4 is 37.6 Å². The van der Waals surface area contributed by atoms with Gasteiger partial charge in [-0.25, -0.2) is 0 Å². The molecule has 27 heavy (non-hydrogen) atoms. The van der Waals surface area contributed by atoms with Crippen molar-refractivity contribution in [2.75, 3.05) is 7.11 Å². The van der Waals surface area contributed by atoms with E-state index in [4.69, 9.17) is 9.47 Å². The number of rotatable bonds is 3. The average Bonchev–Trinajstić information content (AvgIpc) is 2.58. The van der Waals surface area contributed by atoms with Crippen LogP contribution in [0.4, 0.5) is 0 Å². The Labute approximate surface area is 178 Å². The quantitative estimate of drug-likeness (QED) is 0.471. The summed E-state index contributed by atoms with van der Waals surface area (Å²) in [5.74, 6) is 3.28. The molecular weight excluding hydrogens is 472 g/mol. The summed E-state index contributed by atoms with van der Waals surface area (Å²) in [5.41, 5.74) is 1.65. The van der Waals surface area contributed by atoms with E-state index < -0.39 is 0 Å². The molecule has 1 aromatic carbocycles. The summed E-state index contributed by atoms with van der Waals surface area (Å²) in [6.45, 7) is 9.03. The first-order valence-corrected chi connectivity index (χ1v) is 11.5. The molecule has 2 bridgehead atoms. The molecule has 0 saturated heterocycles. The van der Waals surface area contributed by atoms with Crippen molar-refractivity contribution in [3.05, 3.63) is 20.1 Å². The number of hydrogen-bond acceptors (Lipinski definition) is 3. The number of benzene rings is 1. The normalized spacial score (nSPS) is 30.7. The predicted molar refractivity (Wildman–Crippen MR) is 114 cm³/mol. The summed E-state index contributed by atoms with van der Waals surface area (Å²) in [6.07, 6.45) is 4.61. The minimum absolute atomic E-state index is 0.220. The molecule has 148 valence electrons. The van der Waals surface area contributed by atoms with Crippen molar-refractivity contribution < 1.29 is 14.3 Å². The minimum Gasteiger partial charge on any atom is -0.494 e. The molecule has 3 aliphatic carbocycles. The van der Waals surface area contributed by atoms with Crippen LogP contribution in [0.3, 0.4) is 0 Å². The van der Waals surface area contributed by atoms with E-state index in [0.717, 1.165) is 51.0 Å². The maximum atomic E-state index is 13.5. The zero-order valence-corrected chi connectivity index (χ0v) is 19.9. The van der Waals surface area contributed by atoms with Gasteiger partial charge in [-0.2, -0.15) is 0 Å². The van der Waals surface area contributed by atoms with Crippen LogP contribution in [0.25, 0.3) is 0 Å². The van der Waals surface area contributed by atoms with E-state index in [9.17, 15) is 4.79 Å². The molecule has 3 atom stereocenters. The van der Waals surface area contributed by atoms with Crippen molar-refractivity contribution in [3.8, 4) is 11.5 Å². The van der Waals surface area contributed by atoms with Gasteiger partial charge in [0.05, 0.1) is 23.6 Å². The minimum atomic E-state index is -0.362. The number of methoxy groups -OCH3 is 1. The van der Waals surface area contributed by atoms with Crippen LogP contribution in [0, 0.1) is 23.2 Å². The van der Waals surface area contributed by atoms with Crippen molar-refractivity contribution in [1.82, 2.24) is 0 Å². The molecule has 1 aliphatic heterocycles. The fourth-order valence-corrected chi connectivity index (χ4v) is 7.41. The first-order valence-electron chi connectivity index (χ1n) is 9.92. The van der Waals surface area contributed by atoms with Gasteiger partial charge in [0.15, 0.2) is 11.5 Å². The summed E-state index contributed by atoms with van der Waals surface area (Å²) in [5, 5.41) is 0. The summed E-state index contributed by atoms with van der Waals surface area (Å²) < 4.78 is 14.1. The van der Waals surface area contributed by atoms with Crippen molar-refractivity contribution in [2.45, 2.75) is 65.4 Å². The van der Waals surface area contributed by atoms with Crippen LogP contribution in [0.1, 0.15) is 69.3 Å². The third kappa shape index (κ3) is 2.74. The van der Waals surface area contributed by atoms with E-state index in [1.807, 2.05) is 0 Å². The molecule has 1 aromatic rings. The van der Waals surface area contributed by atoms with Gasteiger partial charge in [0.25, 0.3) is 0 Å². The molecule has 3 nitrogen and oxygen atoms in total. The van der Waals surface area contributed by atoms with Gasteiger partial charge in [-0.1, -0.05) is 27.7 Å². The Balaban J connectivity index is 1.87. The molecule has 5 rings (SSSR count). The van der Waals surface area contributed by atoms with Gasteiger partial charge in [-0.15, -0.1) is 0 Å². The van der Waals surface area contributed by atoms with Crippen LogP contribution >= 0.6 is 31.9 Å². The van der Waals surface area contributed by atoms with Crippen LogP contribution in [0.15, 0.2) is 8.95 Å². The molecule has 3 saturated carbocycles. The van der Waals surface area contributed by atoms with Gasteiger partial charge < -0.3 is 9.47 Å². The molecule has 1 spiro atoms. The maximum Gasteiger partial charge on any atom is 0.170 e. The molecule has 3 fully saturated rings. The SMILES string of the molecule is COc1c(Br)c(CC(C)C)c2c(c1Br)O[C@]1(CC[C@H]3C[C@@H]1C3(C)C)CC2=O. The lowest BCUT2D eigenvalue weighted by Gasteiger charge is -2.65. The predicted octanol–water partition coefficient (Wildman–Crippen LogP) is 6.58. The number of halogens is 2. The molecule has 4 aliphatic rings. The Morgan fingerprint density at radius 2 is 1.96 bits per heavy atom. The van der Waals surface area contributed by atoms with Crippen molar-refractivity contribution in [3.63, 3.8) is 0 Å². The van der Waals surface area contributed by atoms with Gasteiger partial charge in [-0.3, -0.25) is 4.79 Å². The summed E-state index contributed by atoms with van der Waals surface area (Å²) in [4.78, 5) is 13.5. The first-order chi connectivity index (χ1) is 12.6. The smallest absolute Gasteiger partial charge is 0.170 e. The Morgan fingerprint density at radius 3 is 2.52 bits per heavy atom. The van der Waals surface area contributed by atoms with Crippen LogP contribution in [0.2, 0.25) is 0 Å². The molecule has 5 heteroatoms. The highest BCUT2D eigenvalue weighted by Crippen LogP contribution is 2.66. The number of hydrogen-bond donors (Lipinski definition) is 0. The number of carbonyl (C=O) groups is 1. The molecule has 0 amide bonds. The monoisotopic (exact) mass is 498 g/mol. The fourth-order valence-electron chi connectivity index (χ4n) is 5.79. The highest BCUT2D eigenvalue weighted by Gasteiger charge is 2.64. The van der Waals surface area contributed by atoms with Crippen molar-refractivity contribution in [1.29, 1.82) is 0 Å². The van der Waals surface area contributed by atoms with Gasteiger partial charge in [0, 0.05) is 5.92 Å². The fraction of sp³-hybridized carbons (Fsp3) is 0.682. The number of carbonyl (C=O) groups excluding carboxylic acids is 1. The van der Waals surface area contributed by atoms with Gasteiger partial charge in [0.2, 0.25) is 0 Å². The maximum absolute atomic E-state index is 13.5. The highest BCUT2D eigenvalue weighted by molar-refractivity contribution is 9.11.